The molecule has 0 saturated carbocycles. The van der Waals surface area contributed by atoms with Gasteiger partial charge in [0.15, 0.2) is 0 Å². The number of amides is 2. The summed E-state index contributed by atoms with van der Waals surface area (Å²) in [5.41, 5.74) is 1.89. The Hall–Kier alpha value is -2.76. The number of piperidine rings is 1. The summed E-state index contributed by atoms with van der Waals surface area (Å²) in [7, 11) is 0. The van der Waals surface area contributed by atoms with Gasteiger partial charge in [-0.25, -0.2) is 4.39 Å². The Morgan fingerprint density at radius 1 is 1.33 bits per heavy atom. The summed E-state index contributed by atoms with van der Waals surface area (Å²) in [6.45, 7) is 0.651. The Bertz CT molecular complexity index is 763. The first-order valence-corrected chi connectivity index (χ1v) is 7.90. The number of aromatic nitrogens is 1. The van der Waals surface area contributed by atoms with E-state index in [1.807, 2.05) is 6.07 Å². The molecule has 3 rings (SSSR count). The predicted molar refractivity (Wildman–Crippen MR) is 86.9 cm³/mol. The molecular formula is C18H18FN3O2. The van der Waals surface area contributed by atoms with Crippen molar-refractivity contribution < 1.29 is 14.0 Å². The third-order valence-electron chi connectivity index (χ3n) is 3.94. The van der Waals surface area contributed by atoms with Crippen molar-refractivity contribution in [1.29, 1.82) is 0 Å². The maximum absolute atomic E-state index is 13.3. The highest BCUT2D eigenvalue weighted by Crippen LogP contribution is 2.11. The molecule has 0 radical (unpaired) electrons. The minimum absolute atomic E-state index is 0.149. The molecule has 1 atom stereocenters. The van der Waals surface area contributed by atoms with E-state index in [4.69, 9.17) is 0 Å². The molecule has 2 amide bonds. The van der Waals surface area contributed by atoms with Gasteiger partial charge in [-0.3, -0.25) is 14.6 Å². The number of hydrogen-bond acceptors (Lipinski definition) is 3. The third kappa shape index (κ3) is 3.95. The van der Waals surface area contributed by atoms with Gasteiger partial charge >= 0.3 is 0 Å². The highest BCUT2D eigenvalue weighted by atomic mass is 19.1. The first kappa shape index (κ1) is 16.1. The van der Waals surface area contributed by atoms with Gasteiger partial charge < -0.3 is 10.6 Å². The smallest absolute Gasteiger partial charge is 0.252 e. The van der Waals surface area contributed by atoms with Crippen LogP contribution in [0.5, 0.6) is 0 Å². The van der Waals surface area contributed by atoms with Gasteiger partial charge in [-0.05, 0) is 42.7 Å². The van der Waals surface area contributed by atoms with Gasteiger partial charge in [0, 0.05) is 30.4 Å². The van der Waals surface area contributed by atoms with E-state index in [1.54, 1.807) is 24.4 Å². The van der Waals surface area contributed by atoms with Crippen LogP contribution >= 0.6 is 0 Å². The lowest BCUT2D eigenvalue weighted by molar-refractivity contribution is -0.124. The molecule has 5 nitrogen and oxygen atoms in total. The van der Waals surface area contributed by atoms with Crippen molar-refractivity contribution in [3.8, 4) is 0 Å². The van der Waals surface area contributed by atoms with E-state index in [0.29, 0.717) is 30.6 Å². The first-order chi connectivity index (χ1) is 11.6. The van der Waals surface area contributed by atoms with E-state index in [0.717, 1.165) is 12.0 Å². The molecule has 1 fully saturated rings. The normalized spacial score (nSPS) is 17.2. The van der Waals surface area contributed by atoms with Crippen LogP contribution in [0.2, 0.25) is 0 Å². The molecule has 0 unspecified atom stereocenters. The van der Waals surface area contributed by atoms with Gasteiger partial charge in [-0.1, -0.05) is 12.1 Å². The Morgan fingerprint density at radius 2 is 2.21 bits per heavy atom. The Morgan fingerprint density at radius 3 is 3.00 bits per heavy atom. The maximum atomic E-state index is 13.3. The molecule has 2 heterocycles. The Labute approximate surface area is 139 Å². The molecule has 0 bridgehead atoms. The standard InChI is InChI=1S/C18H18FN3O2/c19-14-4-1-3-12(9-14)10-15-11-13(6-8-20-15)17(23)22-16-5-2-7-21-18(16)24/h1,3-4,6,8-9,11,16H,2,5,7,10H2,(H,21,24)(H,22,23)/t16-/m0/s1. The van der Waals surface area contributed by atoms with Crippen LogP contribution in [0.25, 0.3) is 0 Å². The highest BCUT2D eigenvalue weighted by molar-refractivity contribution is 5.97. The molecule has 2 N–H and O–H groups in total. The number of nitrogens with zero attached hydrogens (tertiary/aromatic N) is 1. The van der Waals surface area contributed by atoms with Crippen molar-refractivity contribution in [2.24, 2.45) is 0 Å². The summed E-state index contributed by atoms with van der Waals surface area (Å²) in [4.78, 5) is 28.3. The van der Waals surface area contributed by atoms with Crippen molar-refractivity contribution in [3.63, 3.8) is 0 Å². The van der Waals surface area contributed by atoms with Crippen molar-refractivity contribution >= 4 is 11.8 Å². The highest BCUT2D eigenvalue weighted by Gasteiger charge is 2.24. The van der Waals surface area contributed by atoms with Gasteiger partial charge in [0.05, 0.1) is 0 Å². The zero-order valence-electron chi connectivity index (χ0n) is 13.1. The topological polar surface area (TPSA) is 71.1 Å². The molecule has 2 aromatic rings. The van der Waals surface area contributed by atoms with Crippen LogP contribution in [0.4, 0.5) is 4.39 Å². The van der Waals surface area contributed by atoms with Crippen LogP contribution in [-0.4, -0.2) is 29.4 Å². The van der Waals surface area contributed by atoms with Gasteiger partial charge in [0.25, 0.3) is 5.91 Å². The molecule has 0 spiro atoms. The van der Waals surface area contributed by atoms with Crippen molar-refractivity contribution in [1.82, 2.24) is 15.6 Å². The predicted octanol–water partition coefficient (Wildman–Crippen LogP) is 1.82. The lowest BCUT2D eigenvalue weighted by Gasteiger charge is -2.22. The minimum atomic E-state index is -0.494. The number of hydrogen-bond donors (Lipinski definition) is 2. The van der Waals surface area contributed by atoms with Gasteiger partial charge in [0.2, 0.25) is 5.91 Å². The van der Waals surface area contributed by atoms with E-state index in [1.165, 1.54) is 12.1 Å². The summed E-state index contributed by atoms with van der Waals surface area (Å²) < 4.78 is 13.3. The van der Waals surface area contributed by atoms with E-state index in [2.05, 4.69) is 15.6 Å². The fraction of sp³-hybridized carbons (Fsp3) is 0.278. The quantitative estimate of drug-likeness (QED) is 0.900. The minimum Gasteiger partial charge on any atom is -0.354 e. The second kappa shape index (κ2) is 7.21. The number of carbonyl (C=O) groups is 2. The number of rotatable bonds is 4. The van der Waals surface area contributed by atoms with Crippen molar-refractivity contribution in [2.45, 2.75) is 25.3 Å². The Kier molecular flexibility index (Phi) is 4.84. The molecule has 0 aliphatic carbocycles. The van der Waals surface area contributed by atoms with E-state index >= 15 is 0 Å². The molecule has 1 aliphatic heterocycles. The fourth-order valence-corrected chi connectivity index (χ4v) is 2.72. The van der Waals surface area contributed by atoms with Crippen LogP contribution in [0.1, 0.15) is 34.5 Å². The Balaban J connectivity index is 1.70. The summed E-state index contributed by atoms with van der Waals surface area (Å²) >= 11 is 0. The third-order valence-corrected chi connectivity index (χ3v) is 3.94. The van der Waals surface area contributed by atoms with Crippen LogP contribution in [0.3, 0.4) is 0 Å². The molecule has 6 heteroatoms. The van der Waals surface area contributed by atoms with Gasteiger partial charge in [0.1, 0.15) is 11.9 Å². The van der Waals surface area contributed by atoms with Gasteiger partial charge in [-0.15, -0.1) is 0 Å². The number of halogens is 1. The van der Waals surface area contributed by atoms with Crippen LogP contribution < -0.4 is 10.6 Å². The van der Waals surface area contributed by atoms with E-state index in [9.17, 15) is 14.0 Å². The fourth-order valence-electron chi connectivity index (χ4n) is 2.72. The second-order valence-corrected chi connectivity index (χ2v) is 5.80. The largest absolute Gasteiger partial charge is 0.354 e. The number of pyridine rings is 1. The average molecular weight is 327 g/mol. The molecular weight excluding hydrogens is 309 g/mol. The molecule has 1 aromatic carbocycles. The van der Waals surface area contributed by atoms with E-state index < -0.39 is 6.04 Å². The number of benzene rings is 1. The van der Waals surface area contributed by atoms with E-state index in [-0.39, 0.29) is 17.6 Å². The maximum Gasteiger partial charge on any atom is 0.252 e. The molecule has 1 aromatic heterocycles. The summed E-state index contributed by atoms with van der Waals surface area (Å²) in [5.74, 6) is -0.756. The lowest BCUT2D eigenvalue weighted by Crippen LogP contribution is -2.50. The number of carbonyl (C=O) groups excluding carboxylic acids is 2. The molecule has 1 saturated heterocycles. The van der Waals surface area contributed by atoms with Crippen molar-refractivity contribution in [2.75, 3.05) is 6.54 Å². The molecule has 24 heavy (non-hydrogen) atoms. The molecule has 124 valence electrons. The SMILES string of the molecule is O=C(N[C@H]1CCCNC1=O)c1ccnc(Cc2cccc(F)c2)c1. The zero-order valence-corrected chi connectivity index (χ0v) is 13.1. The lowest BCUT2D eigenvalue weighted by atomic mass is 10.1. The van der Waals surface area contributed by atoms with Crippen LogP contribution in [0.15, 0.2) is 42.6 Å². The van der Waals surface area contributed by atoms with Gasteiger partial charge in [-0.2, -0.15) is 0 Å². The average Bonchev–Trinajstić information content (AvgIpc) is 2.57. The van der Waals surface area contributed by atoms with Crippen molar-refractivity contribution in [3.05, 3.63) is 65.2 Å². The zero-order chi connectivity index (χ0) is 16.9. The van der Waals surface area contributed by atoms with Crippen LogP contribution in [0, 0.1) is 5.82 Å². The second-order valence-electron chi connectivity index (χ2n) is 5.80. The molecule has 1 aliphatic rings. The summed E-state index contributed by atoms with van der Waals surface area (Å²) in [5, 5.41) is 5.48. The monoisotopic (exact) mass is 327 g/mol. The first-order valence-electron chi connectivity index (χ1n) is 7.90. The number of nitrogens with one attached hydrogen (secondary N) is 2. The van der Waals surface area contributed by atoms with Crippen LogP contribution in [-0.2, 0) is 11.2 Å². The summed E-state index contributed by atoms with van der Waals surface area (Å²) in [6, 6.07) is 9.06. The summed E-state index contributed by atoms with van der Waals surface area (Å²) in [6.07, 6.45) is 3.46.